The van der Waals surface area contributed by atoms with Crippen molar-refractivity contribution in [3.8, 4) is 16.9 Å². The normalized spacial score (nSPS) is 20.1. The van der Waals surface area contributed by atoms with Crippen molar-refractivity contribution in [3.05, 3.63) is 65.5 Å². The van der Waals surface area contributed by atoms with E-state index >= 15 is 0 Å². The number of aromatic amines is 1. The molecule has 2 fully saturated rings. The number of ketones is 1. The lowest BCUT2D eigenvalue weighted by Gasteiger charge is -2.39. The monoisotopic (exact) mass is 551 g/mol. The van der Waals surface area contributed by atoms with Crippen LogP contribution in [0.1, 0.15) is 70.6 Å². The highest BCUT2D eigenvalue weighted by Crippen LogP contribution is 2.45. The molecule has 0 spiro atoms. The molecule has 13 nitrogen and oxygen atoms in total. The number of hydrogen-bond acceptors (Lipinski definition) is 9. The fraction of sp³-hybridized carbons (Fsp3) is 0.321. The molecule has 7 heterocycles. The molecule has 0 aromatic carbocycles. The number of amides is 1. The van der Waals surface area contributed by atoms with Gasteiger partial charge < -0.3 is 16.4 Å². The molecular formula is C28H29N11O2. The van der Waals surface area contributed by atoms with E-state index in [2.05, 4.69) is 25.4 Å². The topological polar surface area (TPSA) is 179 Å². The van der Waals surface area contributed by atoms with Gasteiger partial charge in [-0.15, -0.1) is 0 Å². The highest BCUT2D eigenvalue weighted by Gasteiger charge is 2.45. The number of carbonyl (C=O) groups is 2. The second-order valence-electron chi connectivity index (χ2n) is 10.9. The summed E-state index contributed by atoms with van der Waals surface area (Å²) < 4.78 is 3.24. The fourth-order valence-electron chi connectivity index (χ4n) is 6.43. The lowest BCUT2D eigenvalue weighted by molar-refractivity contribution is 0.0562. The van der Waals surface area contributed by atoms with Gasteiger partial charge in [0.1, 0.15) is 17.3 Å². The minimum atomic E-state index is -0.164. The van der Waals surface area contributed by atoms with Crippen LogP contribution in [0.3, 0.4) is 0 Å². The number of fused-ring (bicyclic) bond motifs is 3. The Kier molecular flexibility index (Phi) is 5.63. The van der Waals surface area contributed by atoms with Crippen LogP contribution >= 0.6 is 0 Å². The van der Waals surface area contributed by atoms with Crippen molar-refractivity contribution < 1.29 is 9.59 Å². The van der Waals surface area contributed by atoms with Crippen molar-refractivity contribution in [3.63, 3.8) is 0 Å². The maximum atomic E-state index is 13.3. The zero-order valence-electron chi connectivity index (χ0n) is 22.7. The van der Waals surface area contributed by atoms with Crippen molar-refractivity contribution in [2.24, 2.45) is 0 Å². The van der Waals surface area contributed by atoms with Gasteiger partial charge in [0.2, 0.25) is 0 Å². The van der Waals surface area contributed by atoms with Crippen molar-refractivity contribution in [1.82, 2.24) is 44.5 Å². The van der Waals surface area contributed by atoms with Gasteiger partial charge in [-0.25, -0.2) is 14.6 Å². The molecular weight excluding hydrogens is 522 g/mol. The summed E-state index contributed by atoms with van der Waals surface area (Å²) in [6.45, 7) is 3.48. The maximum Gasteiger partial charge on any atom is 0.272 e. The number of nitrogens with two attached hydrogens (primary N) is 2. The van der Waals surface area contributed by atoms with Gasteiger partial charge in [-0.2, -0.15) is 19.8 Å². The number of aromatic nitrogens is 8. The number of carbonyl (C=O) groups excluding carboxylic acids is 2. The van der Waals surface area contributed by atoms with Crippen LogP contribution in [0, 0.1) is 6.92 Å². The Labute approximate surface area is 234 Å². The molecule has 2 aliphatic rings. The summed E-state index contributed by atoms with van der Waals surface area (Å²) in [5, 5.41) is 15.5. The fourth-order valence-corrected chi connectivity index (χ4v) is 6.43. The van der Waals surface area contributed by atoms with Crippen molar-refractivity contribution in [2.75, 3.05) is 11.5 Å². The number of pyridine rings is 1. The number of H-pyrrole nitrogens is 1. The molecule has 0 aliphatic carbocycles. The van der Waals surface area contributed by atoms with E-state index in [0.717, 1.165) is 29.5 Å². The van der Waals surface area contributed by atoms with Gasteiger partial charge in [-0.1, -0.05) is 0 Å². The molecule has 1 amide bonds. The molecule has 5 aromatic heterocycles. The number of aryl methyl sites for hydroxylation is 1. The molecule has 41 heavy (non-hydrogen) atoms. The molecule has 0 radical (unpaired) electrons. The molecule has 2 aliphatic heterocycles. The number of Topliss-reactive ketones (excluding diaryl/α,β-unsaturated/α-hetero) is 1. The molecule has 13 heteroatoms. The third-order valence-electron chi connectivity index (χ3n) is 8.25. The van der Waals surface area contributed by atoms with E-state index in [0.29, 0.717) is 41.3 Å². The summed E-state index contributed by atoms with van der Waals surface area (Å²) >= 11 is 0. The average Bonchev–Trinajstić information content (AvgIpc) is 3.74. The van der Waals surface area contributed by atoms with Gasteiger partial charge >= 0.3 is 0 Å². The summed E-state index contributed by atoms with van der Waals surface area (Å²) in [6, 6.07) is 5.43. The van der Waals surface area contributed by atoms with Gasteiger partial charge in [0.25, 0.3) is 5.91 Å². The third-order valence-corrected chi connectivity index (χ3v) is 8.25. The van der Waals surface area contributed by atoms with Gasteiger partial charge in [0.15, 0.2) is 17.2 Å². The number of rotatable bonds is 5. The standard InChI is InChI=1S/C28H29N11O2/c1-14-10-32-37(13-14)23-6-3-16(11-31-23)20-12-33-39-26(30)24(15(2)40)25(34-27(20)39)17-7-18-4-5-19(8-17)38(18)28(41)21-9-22(29)36-35-21/h3,6,9-13,17-19H,4-5,7-8,30H2,1-2H3,(H3,29,35,36)/t17-,18+,19-. The SMILES string of the molecule is CC(=O)c1c([C@H]2C[C@H]3CC[C@@H](C2)N3C(=O)c2cc(N)n[nH]2)nc2c(-c3ccc(-n4cc(C)cn4)nc3)cnn2c1N. The first-order chi connectivity index (χ1) is 19.8. The molecule has 0 saturated carbocycles. The van der Waals surface area contributed by atoms with Crippen molar-refractivity contribution >= 4 is 29.0 Å². The number of nitrogens with one attached hydrogen (secondary N) is 1. The average molecular weight is 552 g/mol. The van der Waals surface area contributed by atoms with E-state index in [9.17, 15) is 9.59 Å². The highest BCUT2D eigenvalue weighted by molar-refractivity contribution is 6.00. The van der Waals surface area contributed by atoms with E-state index in [1.807, 2.05) is 30.2 Å². The second kappa shape index (κ2) is 9.25. The first-order valence-electron chi connectivity index (χ1n) is 13.6. The maximum absolute atomic E-state index is 13.3. The first kappa shape index (κ1) is 24.9. The summed E-state index contributed by atoms with van der Waals surface area (Å²) in [5.74, 6) is 0.935. The Morgan fingerprint density at radius 3 is 2.44 bits per heavy atom. The zero-order valence-corrected chi connectivity index (χ0v) is 22.7. The Morgan fingerprint density at radius 2 is 1.83 bits per heavy atom. The third kappa shape index (κ3) is 4.03. The van der Waals surface area contributed by atoms with Gasteiger partial charge in [0, 0.05) is 47.6 Å². The van der Waals surface area contributed by atoms with E-state index in [1.165, 1.54) is 11.4 Å². The van der Waals surface area contributed by atoms with Crippen LogP contribution in [0.25, 0.3) is 22.6 Å². The second-order valence-corrected chi connectivity index (χ2v) is 10.9. The summed E-state index contributed by atoms with van der Waals surface area (Å²) in [5.41, 5.74) is 16.9. The zero-order chi connectivity index (χ0) is 28.4. The molecule has 0 unspecified atom stereocenters. The minimum Gasteiger partial charge on any atom is -0.383 e. The minimum absolute atomic E-state index is 0.0156. The van der Waals surface area contributed by atoms with Crippen LogP contribution in [0.4, 0.5) is 11.6 Å². The predicted octanol–water partition coefficient (Wildman–Crippen LogP) is 2.93. The quantitative estimate of drug-likeness (QED) is 0.277. The largest absolute Gasteiger partial charge is 0.383 e. The van der Waals surface area contributed by atoms with Crippen LogP contribution in [-0.2, 0) is 0 Å². The lowest BCUT2D eigenvalue weighted by atomic mass is 9.85. The van der Waals surface area contributed by atoms with Gasteiger partial charge in [0.05, 0.1) is 23.7 Å². The Morgan fingerprint density at radius 1 is 1.05 bits per heavy atom. The molecule has 7 rings (SSSR count). The summed E-state index contributed by atoms with van der Waals surface area (Å²) in [4.78, 5) is 37.8. The molecule has 208 valence electrons. The van der Waals surface area contributed by atoms with E-state index < -0.39 is 0 Å². The van der Waals surface area contributed by atoms with E-state index in [-0.39, 0.29) is 41.3 Å². The molecule has 2 bridgehead atoms. The molecule has 2 saturated heterocycles. The highest BCUT2D eigenvalue weighted by atomic mass is 16.2. The molecule has 5 N–H and O–H groups in total. The van der Waals surface area contributed by atoms with Crippen LogP contribution < -0.4 is 11.5 Å². The first-order valence-corrected chi connectivity index (χ1v) is 13.6. The summed E-state index contributed by atoms with van der Waals surface area (Å²) in [6.07, 6.45) is 10.3. The smallest absolute Gasteiger partial charge is 0.272 e. The van der Waals surface area contributed by atoms with Gasteiger partial charge in [-0.05, 0) is 57.2 Å². The Hall–Kier alpha value is -5.07. The van der Waals surface area contributed by atoms with Crippen molar-refractivity contribution in [2.45, 2.75) is 57.5 Å². The van der Waals surface area contributed by atoms with Crippen LogP contribution in [0.5, 0.6) is 0 Å². The Balaban J connectivity index is 1.25. The number of hydrogen-bond donors (Lipinski definition) is 3. The van der Waals surface area contributed by atoms with Crippen molar-refractivity contribution in [1.29, 1.82) is 0 Å². The predicted molar refractivity (Wildman–Crippen MR) is 150 cm³/mol. The van der Waals surface area contributed by atoms with Crippen LogP contribution in [0.2, 0.25) is 0 Å². The van der Waals surface area contributed by atoms with Crippen LogP contribution in [0.15, 0.2) is 43.0 Å². The lowest BCUT2D eigenvalue weighted by Crippen LogP contribution is -2.46. The number of nitrogens with zero attached hydrogens (tertiary/aromatic N) is 8. The Bertz CT molecular complexity index is 1800. The number of piperidine rings is 1. The number of nitrogen functional groups attached to an aromatic ring is 2. The van der Waals surface area contributed by atoms with Crippen LogP contribution in [-0.4, -0.2) is 68.2 Å². The van der Waals surface area contributed by atoms with Gasteiger partial charge in [-0.3, -0.25) is 14.7 Å². The number of anilines is 2. The molecule has 5 aromatic rings. The van der Waals surface area contributed by atoms with E-state index in [1.54, 1.807) is 29.3 Å². The summed E-state index contributed by atoms with van der Waals surface area (Å²) in [7, 11) is 0. The molecule has 3 atom stereocenters. The van der Waals surface area contributed by atoms with E-state index in [4.69, 9.17) is 16.5 Å².